The number of nitrogens with zero attached hydrogens (tertiary/aromatic N) is 2. The van der Waals surface area contributed by atoms with Crippen LogP contribution < -0.4 is 5.73 Å². The van der Waals surface area contributed by atoms with Crippen LogP contribution in [0, 0.1) is 0 Å². The van der Waals surface area contributed by atoms with Crippen molar-refractivity contribution in [1.29, 1.82) is 0 Å². The summed E-state index contributed by atoms with van der Waals surface area (Å²) in [6.45, 7) is 5.52. The predicted molar refractivity (Wildman–Crippen MR) is 84.3 cm³/mol. The molecule has 1 fully saturated rings. The van der Waals surface area contributed by atoms with E-state index in [1.807, 2.05) is 6.26 Å². The van der Waals surface area contributed by atoms with Gasteiger partial charge < -0.3 is 15.8 Å². The van der Waals surface area contributed by atoms with E-state index < -0.39 is 9.84 Å². The van der Waals surface area contributed by atoms with Gasteiger partial charge in [-0.3, -0.25) is 0 Å². The third-order valence-corrected chi connectivity index (χ3v) is 7.63. The fraction of sp³-hybridized carbons (Fsp3) is 0.917. The van der Waals surface area contributed by atoms with Gasteiger partial charge >= 0.3 is 0 Å². The summed E-state index contributed by atoms with van der Waals surface area (Å²) >= 11 is 1.60. The van der Waals surface area contributed by atoms with Crippen LogP contribution in [0.3, 0.4) is 0 Å². The van der Waals surface area contributed by atoms with Crippen LogP contribution in [0.15, 0.2) is 5.16 Å². The van der Waals surface area contributed by atoms with Gasteiger partial charge in [-0.2, -0.15) is 11.8 Å². The first-order chi connectivity index (χ1) is 9.27. The zero-order valence-electron chi connectivity index (χ0n) is 12.4. The lowest BCUT2D eigenvalue weighted by molar-refractivity contribution is 0.227. The van der Waals surface area contributed by atoms with Gasteiger partial charge in [0.1, 0.15) is 0 Å². The van der Waals surface area contributed by atoms with Crippen molar-refractivity contribution >= 4 is 27.4 Å². The van der Waals surface area contributed by atoms with Crippen molar-refractivity contribution in [3.63, 3.8) is 0 Å². The van der Waals surface area contributed by atoms with E-state index in [2.05, 4.69) is 10.1 Å². The molecule has 0 radical (unpaired) electrons. The van der Waals surface area contributed by atoms with Crippen LogP contribution in [0.5, 0.6) is 0 Å². The molecule has 0 aromatic carbocycles. The van der Waals surface area contributed by atoms with E-state index in [0.717, 1.165) is 25.9 Å². The van der Waals surface area contributed by atoms with Crippen molar-refractivity contribution in [2.45, 2.75) is 36.7 Å². The first kappa shape index (κ1) is 17.6. The molecular weight excluding hydrogens is 298 g/mol. The molecule has 0 aromatic rings. The third kappa shape index (κ3) is 4.02. The van der Waals surface area contributed by atoms with Gasteiger partial charge in [0.2, 0.25) is 0 Å². The molecule has 1 aliphatic rings. The van der Waals surface area contributed by atoms with E-state index in [4.69, 9.17) is 10.9 Å². The minimum absolute atomic E-state index is 0.195. The van der Waals surface area contributed by atoms with Gasteiger partial charge in [-0.25, -0.2) is 8.42 Å². The fourth-order valence-electron chi connectivity index (χ4n) is 2.29. The highest BCUT2D eigenvalue weighted by Crippen LogP contribution is 2.34. The Morgan fingerprint density at radius 2 is 2.00 bits per heavy atom. The molecule has 20 heavy (non-hydrogen) atoms. The molecule has 1 saturated heterocycles. The second-order valence-corrected chi connectivity index (χ2v) is 9.31. The van der Waals surface area contributed by atoms with Crippen molar-refractivity contribution in [3.05, 3.63) is 0 Å². The highest BCUT2D eigenvalue weighted by Gasteiger charge is 2.38. The van der Waals surface area contributed by atoms with Crippen molar-refractivity contribution in [2.75, 3.05) is 31.6 Å². The number of hydrogen-bond donors (Lipinski definition) is 2. The first-order valence-corrected chi connectivity index (χ1v) is 9.68. The number of thioether (sulfide) groups is 1. The zero-order chi connectivity index (χ0) is 15.4. The van der Waals surface area contributed by atoms with Crippen LogP contribution in [0.1, 0.15) is 26.7 Å². The van der Waals surface area contributed by atoms with Crippen molar-refractivity contribution in [3.8, 4) is 0 Å². The van der Waals surface area contributed by atoms with Gasteiger partial charge in [0.05, 0.1) is 15.7 Å². The van der Waals surface area contributed by atoms with Crippen molar-refractivity contribution < 1.29 is 13.6 Å². The highest BCUT2D eigenvalue weighted by atomic mass is 32.2. The number of amidine groups is 1. The minimum Gasteiger partial charge on any atom is -0.409 e. The lowest BCUT2D eigenvalue weighted by Crippen LogP contribution is -2.50. The monoisotopic (exact) mass is 323 g/mol. The summed E-state index contributed by atoms with van der Waals surface area (Å²) < 4.78 is 23.3. The van der Waals surface area contributed by atoms with E-state index in [0.29, 0.717) is 6.54 Å². The summed E-state index contributed by atoms with van der Waals surface area (Å²) in [5.74, 6) is 0.458. The molecule has 118 valence electrons. The molecule has 0 amide bonds. The Bertz CT molecular complexity index is 441. The normalized spacial score (nSPS) is 21.3. The second kappa shape index (κ2) is 7.00. The summed E-state index contributed by atoms with van der Waals surface area (Å²) in [5, 5.41) is 11.7. The maximum absolute atomic E-state index is 11.8. The van der Waals surface area contributed by atoms with E-state index in [1.54, 1.807) is 25.6 Å². The Labute approximate surface area is 125 Å². The minimum atomic E-state index is -2.99. The van der Waals surface area contributed by atoms with E-state index in [-0.39, 0.29) is 21.6 Å². The van der Waals surface area contributed by atoms with Gasteiger partial charge in [0.25, 0.3) is 0 Å². The maximum Gasteiger partial charge on any atom is 0.155 e. The van der Waals surface area contributed by atoms with E-state index in [1.165, 1.54) is 0 Å². The molecular formula is C12H25N3O3S2. The largest absolute Gasteiger partial charge is 0.409 e. The standard InChI is InChI=1S/C12H25N3O3S2/c1-10(2)20(17,18)9-8-15-6-4-12(19-3,5-7-15)11(13)14-16/h10,16H,4-9H2,1-3H3,(H2,13,14). The Morgan fingerprint density at radius 1 is 1.45 bits per heavy atom. The second-order valence-electron chi connectivity index (χ2n) is 5.44. The first-order valence-electron chi connectivity index (χ1n) is 6.74. The molecule has 0 aliphatic carbocycles. The average Bonchev–Trinajstić information content (AvgIpc) is 2.44. The third-order valence-electron chi connectivity index (χ3n) is 4.04. The smallest absolute Gasteiger partial charge is 0.155 e. The Hall–Kier alpha value is -0.470. The number of likely N-dealkylation sites (tertiary alicyclic amines) is 1. The number of nitrogens with two attached hydrogens (primary N) is 1. The van der Waals surface area contributed by atoms with Crippen molar-refractivity contribution in [2.24, 2.45) is 10.9 Å². The number of hydrogen-bond acceptors (Lipinski definition) is 6. The molecule has 1 aliphatic heterocycles. The molecule has 0 spiro atoms. The number of piperidine rings is 1. The Balaban J connectivity index is 2.55. The molecule has 6 nitrogen and oxygen atoms in total. The number of oxime groups is 1. The predicted octanol–water partition coefficient (Wildman–Crippen LogP) is 0.754. The van der Waals surface area contributed by atoms with Crippen molar-refractivity contribution in [1.82, 2.24) is 4.90 Å². The Morgan fingerprint density at radius 3 is 2.40 bits per heavy atom. The van der Waals surface area contributed by atoms with E-state index >= 15 is 0 Å². The molecule has 1 rings (SSSR count). The average molecular weight is 323 g/mol. The van der Waals surface area contributed by atoms with Crippen LogP contribution in [0.4, 0.5) is 0 Å². The van der Waals surface area contributed by atoms with Gasteiger partial charge in [0, 0.05) is 6.54 Å². The highest BCUT2D eigenvalue weighted by molar-refractivity contribution is 8.00. The van der Waals surface area contributed by atoms with Gasteiger partial charge in [-0.05, 0) is 46.0 Å². The van der Waals surface area contributed by atoms with Crippen LogP contribution in [-0.2, 0) is 9.84 Å². The SMILES string of the molecule is CSC1(C(N)=NO)CCN(CCS(=O)(=O)C(C)C)CC1. The molecule has 0 saturated carbocycles. The molecule has 8 heteroatoms. The number of sulfone groups is 1. The van der Waals surface area contributed by atoms with Crippen LogP contribution >= 0.6 is 11.8 Å². The van der Waals surface area contributed by atoms with Crippen LogP contribution in [0.2, 0.25) is 0 Å². The van der Waals surface area contributed by atoms with E-state index in [9.17, 15) is 8.42 Å². The summed E-state index contributed by atoms with van der Waals surface area (Å²) in [6, 6.07) is 0. The summed E-state index contributed by atoms with van der Waals surface area (Å²) in [4.78, 5) is 2.14. The molecule has 0 unspecified atom stereocenters. The molecule has 0 bridgehead atoms. The van der Waals surface area contributed by atoms with Gasteiger partial charge in [-0.1, -0.05) is 5.16 Å². The van der Waals surface area contributed by atoms with Gasteiger partial charge in [0.15, 0.2) is 15.7 Å². The topological polar surface area (TPSA) is 96.0 Å². The lowest BCUT2D eigenvalue weighted by Gasteiger charge is -2.39. The number of rotatable bonds is 6. The zero-order valence-corrected chi connectivity index (χ0v) is 14.0. The lowest BCUT2D eigenvalue weighted by atomic mass is 9.94. The van der Waals surface area contributed by atoms with Gasteiger partial charge in [-0.15, -0.1) is 0 Å². The summed E-state index contributed by atoms with van der Waals surface area (Å²) in [7, 11) is -2.99. The fourth-order valence-corrected chi connectivity index (χ4v) is 4.11. The molecule has 0 aromatic heterocycles. The molecule has 3 N–H and O–H groups in total. The molecule has 0 atom stereocenters. The summed E-state index contributed by atoms with van der Waals surface area (Å²) in [6.07, 6.45) is 3.49. The Kier molecular flexibility index (Phi) is 6.15. The maximum atomic E-state index is 11.8. The quantitative estimate of drug-likeness (QED) is 0.324. The van der Waals surface area contributed by atoms with Crippen LogP contribution in [-0.4, -0.2) is 66.0 Å². The van der Waals surface area contributed by atoms with Crippen LogP contribution in [0.25, 0.3) is 0 Å². The molecule has 1 heterocycles. The summed E-state index contributed by atoms with van der Waals surface area (Å²) in [5.41, 5.74) is 5.79.